The van der Waals surface area contributed by atoms with Crippen molar-refractivity contribution in [1.29, 1.82) is 0 Å². The maximum absolute atomic E-state index is 14.1. The second-order valence-electron chi connectivity index (χ2n) is 4.13. The molecule has 2 aromatic carbocycles. The molecule has 106 valence electrons. The predicted molar refractivity (Wildman–Crippen MR) is 81.9 cm³/mol. The maximum atomic E-state index is 14.1. The molecule has 0 amide bonds. The predicted octanol–water partition coefficient (Wildman–Crippen LogP) is 5.68. The molecule has 0 aliphatic heterocycles. The highest BCUT2D eigenvalue weighted by molar-refractivity contribution is 7.25. The van der Waals surface area contributed by atoms with Crippen molar-refractivity contribution >= 4 is 31.5 Å². The topological polar surface area (TPSA) is 9.23 Å². The van der Waals surface area contributed by atoms with E-state index in [1.54, 1.807) is 25.1 Å². The van der Waals surface area contributed by atoms with Gasteiger partial charge in [-0.25, -0.2) is 8.78 Å². The van der Waals surface area contributed by atoms with Gasteiger partial charge in [0.2, 0.25) is 0 Å². The minimum Gasteiger partial charge on any atom is -0.494 e. The van der Waals surface area contributed by atoms with Crippen LogP contribution in [0.3, 0.4) is 0 Å². The van der Waals surface area contributed by atoms with Gasteiger partial charge in [0.1, 0.15) is 5.82 Å². The molecule has 1 aromatic heterocycles. The van der Waals surface area contributed by atoms with E-state index < -0.39 is 5.82 Å². The van der Waals surface area contributed by atoms with Crippen molar-refractivity contribution in [1.82, 2.24) is 0 Å². The van der Waals surface area contributed by atoms with Crippen molar-refractivity contribution in [2.24, 2.45) is 0 Å². The van der Waals surface area contributed by atoms with E-state index in [2.05, 4.69) is 0 Å². The Morgan fingerprint density at radius 2 is 1.45 bits per heavy atom. The monoisotopic (exact) mass is 294 g/mol. The van der Waals surface area contributed by atoms with Crippen LogP contribution in [0.5, 0.6) is 5.75 Å². The first kappa shape index (κ1) is 14.7. The summed E-state index contributed by atoms with van der Waals surface area (Å²) >= 11 is 1.13. The van der Waals surface area contributed by atoms with Crippen LogP contribution in [-0.2, 0) is 0 Å². The van der Waals surface area contributed by atoms with Crippen molar-refractivity contribution in [3.8, 4) is 5.75 Å². The molecule has 0 saturated heterocycles. The molecule has 1 heterocycles. The van der Waals surface area contributed by atoms with Crippen molar-refractivity contribution < 1.29 is 13.5 Å². The minimum atomic E-state index is -0.423. The summed E-state index contributed by atoms with van der Waals surface area (Å²) in [5.41, 5.74) is 0.571. The van der Waals surface area contributed by atoms with Crippen LogP contribution < -0.4 is 4.74 Å². The van der Waals surface area contributed by atoms with Crippen LogP contribution in [0.2, 0.25) is 0 Å². The lowest BCUT2D eigenvalue weighted by Crippen LogP contribution is -1.86. The normalized spacial score (nSPS) is 10.5. The van der Waals surface area contributed by atoms with E-state index in [1.165, 1.54) is 7.11 Å². The Bertz CT molecular complexity index is 762. The van der Waals surface area contributed by atoms with Crippen molar-refractivity contribution in [2.45, 2.75) is 20.8 Å². The van der Waals surface area contributed by atoms with Gasteiger partial charge in [-0.1, -0.05) is 26.0 Å². The van der Waals surface area contributed by atoms with Gasteiger partial charge in [-0.2, -0.15) is 0 Å². The van der Waals surface area contributed by atoms with E-state index >= 15 is 0 Å². The van der Waals surface area contributed by atoms with E-state index in [9.17, 15) is 8.78 Å². The number of rotatable bonds is 1. The molecule has 1 nitrogen and oxygen atoms in total. The Kier molecular flexibility index (Phi) is 4.23. The number of hydrogen-bond acceptors (Lipinski definition) is 2. The van der Waals surface area contributed by atoms with Gasteiger partial charge < -0.3 is 4.74 Å². The van der Waals surface area contributed by atoms with Crippen LogP contribution in [0, 0.1) is 18.6 Å². The molecule has 20 heavy (non-hydrogen) atoms. The van der Waals surface area contributed by atoms with Crippen molar-refractivity contribution in [2.75, 3.05) is 7.11 Å². The van der Waals surface area contributed by atoms with E-state index in [-0.39, 0.29) is 11.6 Å². The van der Waals surface area contributed by atoms with Crippen LogP contribution in [0.15, 0.2) is 24.3 Å². The third-order valence-electron chi connectivity index (χ3n) is 3.07. The summed E-state index contributed by atoms with van der Waals surface area (Å²) in [4.78, 5) is 0. The summed E-state index contributed by atoms with van der Waals surface area (Å²) in [7, 11) is 1.42. The fourth-order valence-electron chi connectivity index (χ4n) is 2.08. The number of benzene rings is 2. The van der Waals surface area contributed by atoms with Gasteiger partial charge in [0.15, 0.2) is 11.6 Å². The number of halogens is 2. The number of methoxy groups -OCH3 is 1. The Hall–Kier alpha value is -1.68. The molecule has 0 saturated carbocycles. The summed E-state index contributed by atoms with van der Waals surface area (Å²) in [6.07, 6.45) is 0. The number of aryl methyl sites for hydroxylation is 1. The highest BCUT2D eigenvalue weighted by atomic mass is 32.1. The van der Waals surface area contributed by atoms with Crippen LogP contribution in [0.25, 0.3) is 20.2 Å². The van der Waals surface area contributed by atoms with Crippen molar-refractivity contribution in [3.63, 3.8) is 0 Å². The molecule has 0 fully saturated rings. The number of ether oxygens (including phenoxy) is 1. The SMILES string of the molecule is CC.COc1ccc2c(sc3c(F)c(C)ccc32)c1F. The van der Waals surface area contributed by atoms with Gasteiger partial charge in [0.25, 0.3) is 0 Å². The molecule has 3 aromatic rings. The summed E-state index contributed by atoms with van der Waals surface area (Å²) in [5, 5.41) is 1.48. The fraction of sp³-hybridized carbons (Fsp3) is 0.250. The van der Waals surface area contributed by atoms with Crippen molar-refractivity contribution in [3.05, 3.63) is 41.5 Å². The van der Waals surface area contributed by atoms with Crippen LogP contribution in [0.1, 0.15) is 19.4 Å². The molecule has 0 atom stereocenters. The smallest absolute Gasteiger partial charge is 0.182 e. The molecule has 0 aliphatic carbocycles. The van der Waals surface area contributed by atoms with E-state index in [0.717, 1.165) is 22.1 Å². The molecular weight excluding hydrogens is 278 g/mol. The molecule has 0 aliphatic rings. The first-order chi connectivity index (χ1) is 9.63. The zero-order valence-corrected chi connectivity index (χ0v) is 12.7. The average molecular weight is 294 g/mol. The second-order valence-corrected chi connectivity index (χ2v) is 5.15. The molecule has 0 radical (unpaired) electrons. The Morgan fingerprint density at radius 3 is 2.05 bits per heavy atom. The Labute approximate surface area is 120 Å². The molecule has 3 rings (SSSR count). The van der Waals surface area contributed by atoms with Gasteiger partial charge in [0.05, 0.1) is 16.5 Å². The van der Waals surface area contributed by atoms with E-state index in [1.807, 2.05) is 19.9 Å². The summed E-state index contributed by atoms with van der Waals surface area (Å²) < 4.78 is 34.0. The quantitative estimate of drug-likeness (QED) is 0.561. The van der Waals surface area contributed by atoms with Crippen LogP contribution in [0.4, 0.5) is 8.78 Å². The molecule has 0 N–H and O–H groups in total. The fourth-order valence-corrected chi connectivity index (χ4v) is 3.30. The van der Waals surface area contributed by atoms with Gasteiger partial charge >= 0.3 is 0 Å². The Morgan fingerprint density at radius 1 is 0.900 bits per heavy atom. The minimum absolute atomic E-state index is 0.186. The third kappa shape index (κ3) is 2.14. The highest BCUT2D eigenvalue weighted by Gasteiger charge is 2.16. The van der Waals surface area contributed by atoms with Gasteiger partial charge in [0, 0.05) is 10.8 Å². The largest absolute Gasteiger partial charge is 0.494 e. The van der Waals surface area contributed by atoms with E-state index in [4.69, 9.17) is 4.74 Å². The standard InChI is InChI=1S/C14H10F2OS.C2H6/c1-7-3-4-8-9-5-6-10(17-2)12(16)14(9)18-13(8)11(7)15;1-2/h3-6H,1-2H3;1-2H3. The van der Waals surface area contributed by atoms with Gasteiger partial charge in [-0.3, -0.25) is 0 Å². The number of hydrogen-bond donors (Lipinski definition) is 0. The maximum Gasteiger partial charge on any atom is 0.182 e. The molecule has 0 spiro atoms. The van der Waals surface area contributed by atoms with Gasteiger partial charge in [-0.05, 0) is 24.6 Å². The molecule has 4 heteroatoms. The third-order valence-corrected chi connectivity index (χ3v) is 4.27. The zero-order chi connectivity index (χ0) is 14.9. The van der Waals surface area contributed by atoms with Crippen LogP contribution in [-0.4, -0.2) is 7.11 Å². The average Bonchev–Trinajstić information content (AvgIpc) is 2.86. The molecule has 0 unspecified atom stereocenters. The number of thiophene rings is 1. The van der Waals surface area contributed by atoms with Gasteiger partial charge in [-0.15, -0.1) is 11.3 Å². The summed E-state index contributed by atoms with van der Waals surface area (Å²) in [6, 6.07) is 6.89. The lowest BCUT2D eigenvalue weighted by Gasteiger charge is -2.01. The summed E-state index contributed by atoms with van der Waals surface area (Å²) in [5.74, 6) is -0.508. The zero-order valence-electron chi connectivity index (χ0n) is 11.9. The van der Waals surface area contributed by atoms with Crippen LogP contribution >= 0.6 is 11.3 Å². The Balaban J connectivity index is 0.000000704. The number of fused-ring (bicyclic) bond motifs is 3. The second kappa shape index (κ2) is 5.75. The lowest BCUT2D eigenvalue weighted by molar-refractivity contribution is 0.389. The summed E-state index contributed by atoms with van der Waals surface area (Å²) in [6.45, 7) is 5.70. The first-order valence-corrected chi connectivity index (χ1v) is 7.29. The lowest BCUT2D eigenvalue weighted by atomic mass is 10.1. The molecule has 0 bridgehead atoms. The highest BCUT2D eigenvalue weighted by Crippen LogP contribution is 2.39. The van der Waals surface area contributed by atoms with E-state index in [0.29, 0.717) is 15.0 Å². The molecular formula is C16H16F2OS. The first-order valence-electron chi connectivity index (χ1n) is 6.47.